The zero-order chi connectivity index (χ0) is 13.8. The Balaban J connectivity index is 2.02. The van der Waals surface area contributed by atoms with Crippen LogP contribution in [0.2, 0.25) is 0 Å². The van der Waals surface area contributed by atoms with Crippen molar-refractivity contribution in [2.24, 2.45) is 0 Å². The number of hydrogen-bond donors (Lipinski definition) is 0. The fourth-order valence-corrected chi connectivity index (χ4v) is 3.55. The number of piperazine rings is 1. The van der Waals surface area contributed by atoms with Crippen LogP contribution in [0.4, 0.5) is 5.82 Å². The third kappa shape index (κ3) is 3.47. The first-order chi connectivity index (χ1) is 9.15. The summed E-state index contributed by atoms with van der Waals surface area (Å²) in [6, 6.07) is 4.43. The van der Waals surface area contributed by atoms with Gasteiger partial charge in [-0.25, -0.2) is 4.98 Å². The lowest BCUT2D eigenvalue weighted by atomic mass is 10.2. The average Bonchev–Trinajstić information content (AvgIpc) is 2.41. The summed E-state index contributed by atoms with van der Waals surface area (Å²) in [4.78, 5) is 8.97. The van der Waals surface area contributed by atoms with E-state index in [4.69, 9.17) is 5.26 Å². The van der Waals surface area contributed by atoms with Gasteiger partial charge in [0.1, 0.15) is 5.82 Å². The summed E-state index contributed by atoms with van der Waals surface area (Å²) < 4.78 is 1.97. The second kappa shape index (κ2) is 6.69. The smallest absolute Gasteiger partial charge is 0.143 e. The monoisotopic (exact) mass is 386 g/mol. The Kier molecular flexibility index (Phi) is 5.20. The first-order valence-electron chi connectivity index (χ1n) is 6.35. The van der Waals surface area contributed by atoms with Gasteiger partial charge in [-0.15, -0.1) is 0 Å². The summed E-state index contributed by atoms with van der Waals surface area (Å²) in [5.74, 6) is 0.979. The molecule has 1 aromatic heterocycles. The van der Waals surface area contributed by atoms with Crippen LogP contribution in [0.1, 0.15) is 13.3 Å². The van der Waals surface area contributed by atoms with Crippen molar-refractivity contribution >= 4 is 37.7 Å². The first-order valence-corrected chi connectivity index (χ1v) is 7.94. The van der Waals surface area contributed by atoms with Crippen molar-refractivity contribution in [1.29, 1.82) is 5.26 Å². The second-order valence-corrected chi connectivity index (χ2v) is 6.31. The van der Waals surface area contributed by atoms with Crippen molar-refractivity contribution in [2.75, 3.05) is 31.1 Å². The Hall–Kier alpha value is -0.640. The van der Waals surface area contributed by atoms with Gasteiger partial charge in [0.15, 0.2) is 0 Å². The van der Waals surface area contributed by atoms with Gasteiger partial charge in [0.2, 0.25) is 0 Å². The predicted molar refractivity (Wildman–Crippen MR) is 83.1 cm³/mol. The van der Waals surface area contributed by atoms with Crippen molar-refractivity contribution in [3.05, 3.63) is 21.2 Å². The first kappa shape index (κ1) is 14.8. The Morgan fingerprint density at radius 1 is 1.37 bits per heavy atom. The number of rotatable bonds is 3. The van der Waals surface area contributed by atoms with Crippen molar-refractivity contribution < 1.29 is 0 Å². The minimum atomic E-state index is 0.0449. The van der Waals surface area contributed by atoms with Crippen LogP contribution in [0.15, 0.2) is 21.2 Å². The number of hydrogen-bond acceptors (Lipinski definition) is 4. The Morgan fingerprint density at radius 2 is 2.05 bits per heavy atom. The number of pyridine rings is 1. The Labute approximate surface area is 130 Å². The minimum absolute atomic E-state index is 0.0449. The fourth-order valence-electron chi connectivity index (χ4n) is 2.32. The van der Waals surface area contributed by atoms with Crippen LogP contribution < -0.4 is 4.90 Å². The molecule has 1 unspecified atom stereocenters. The van der Waals surface area contributed by atoms with Crippen molar-refractivity contribution in [3.63, 3.8) is 0 Å². The van der Waals surface area contributed by atoms with E-state index in [9.17, 15) is 0 Å². The van der Waals surface area contributed by atoms with Crippen LogP contribution in [-0.4, -0.2) is 42.1 Å². The molecule has 0 aliphatic carbocycles. The summed E-state index contributed by atoms with van der Waals surface area (Å²) in [6.45, 7) is 5.70. The van der Waals surface area contributed by atoms with Crippen molar-refractivity contribution in [1.82, 2.24) is 9.88 Å². The highest BCUT2D eigenvalue weighted by atomic mass is 79.9. The van der Waals surface area contributed by atoms with E-state index >= 15 is 0 Å². The molecule has 0 spiro atoms. The molecular weight excluding hydrogens is 372 g/mol. The highest BCUT2D eigenvalue weighted by molar-refractivity contribution is 9.11. The normalized spacial score (nSPS) is 18.1. The van der Waals surface area contributed by atoms with Gasteiger partial charge < -0.3 is 4.90 Å². The van der Waals surface area contributed by atoms with E-state index in [1.54, 1.807) is 0 Å². The van der Waals surface area contributed by atoms with Crippen molar-refractivity contribution in [3.8, 4) is 6.07 Å². The van der Waals surface area contributed by atoms with E-state index in [-0.39, 0.29) is 6.04 Å². The number of aromatic nitrogens is 1. The molecule has 1 aliphatic heterocycles. The molecule has 1 aromatic rings. The quantitative estimate of drug-likeness (QED) is 0.799. The lowest BCUT2D eigenvalue weighted by Gasteiger charge is -2.37. The summed E-state index contributed by atoms with van der Waals surface area (Å²) in [5, 5.41) is 9.11. The maximum Gasteiger partial charge on any atom is 0.143 e. The van der Waals surface area contributed by atoms with Gasteiger partial charge in [0.25, 0.3) is 0 Å². The van der Waals surface area contributed by atoms with E-state index < -0.39 is 0 Å². The standard InChI is InChI=1S/C13H16Br2N4/c1-2-11(8-16)18-3-5-19(6-4-18)13-12(15)7-10(14)9-17-13/h7,9,11H,2-6H2,1H3. The maximum absolute atomic E-state index is 9.11. The van der Waals surface area contributed by atoms with Crippen LogP contribution in [-0.2, 0) is 0 Å². The molecule has 1 fully saturated rings. The molecule has 102 valence electrons. The minimum Gasteiger partial charge on any atom is -0.353 e. The molecular formula is C13H16Br2N4. The van der Waals surface area contributed by atoms with Crippen molar-refractivity contribution in [2.45, 2.75) is 19.4 Å². The molecule has 0 aromatic carbocycles. The zero-order valence-corrected chi connectivity index (χ0v) is 14.0. The number of halogens is 2. The van der Waals surface area contributed by atoms with Gasteiger partial charge in [-0.2, -0.15) is 5.26 Å². The molecule has 0 saturated carbocycles. The zero-order valence-electron chi connectivity index (χ0n) is 10.8. The molecule has 2 heterocycles. The number of anilines is 1. The van der Waals surface area contributed by atoms with Crippen LogP contribution in [0.5, 0.6) is 0 Å². The maximum atomic E-state index is 9.11. The van der Waals surface area contributed by atoms with E-state index in [1.165, 1.54) is 0 Å². The summed E-state index contributed by atoms with van der Waals surface area (Å²) in [5.41, 5.74) is 0. The average molecular weight is 388 g/mol. The predicted octanol–water partition coefficient (Wildman–Crippen LogP) is 3.03. The highest BCUT2D eigenvalue weighted by Gasteiger charge is 2.24. The SMILES string of the molecule is CCC(C#N)N1CCN(c2ncc(Br)cc2Br)CC1. The molecule has 1 saturated heterocycles. The third-order valence-electron chi connectivity index (χ3n) is 3.38. The molecule has 4 nitrogen and oxygen atoms in total. The molecule has 0 bridgehead atoms. The molecule has 0 N–H and O–H groups in total. The molecule has 6 heteroatoms. The van der Waals surface area contributed by atoms with Crippen LogP contribution in [0.3, 0.4) is 0 Å². The lowest BCUT2D eigenvalue weighted by Crippen LogP contribution is -2.50. The molecule has 0 radical (unpaired) electrons. The largest absolute Gasteiger partial charge is 0.353 e. The topological polar surface area (TPSA) is 43.2 Å². The fraction of sp³-hybridized carbons (Fsp3) is 0.538. The van der Waals surface area contributed by atoms with Crippen LogP contribution in [0.25, 0.3) is 0 Å². The molecule has 0 amide bonds. The lowest BCUT2D eigenvalue weighted by molar-refractivity contribution is 0.216. The highest BCUT2D eigenvalue weighted by Crippen LogP contribution is 2.27. The van der Waals surface area contributed by atoms with E-state index in [2.05, 4.69) is 59.6 Å². The van der Waals surface area contributed by atoms with Crippen LogP contribution in [0, 0.1) is 11.3 Å². The number of nitrogens with zero attached hydrogens (tertiary/aromatic N) is 4. The Bertz CT molecular complexity index is 478. The number of nitriles is 1. The van der Waals surface area contributed by atoms with Gasteiger partial charge in [-0.3, -0.25) is 4.90 Å². The van der Waals surface area contributed by atoms with E-state index in [1.807, 2.05) is 12.3 Å². The van der Waals surface area contributed by atoms with E-state index in [0.717, 1.165) is 47.4 Å². The van der Waals surface area contributed by atoms with Gasteiger partial charge in [0.05, 0.1) is 16.6 Å². The van der Waals surface area contributed by atoms with Gasteiger partial charge in [-0.1, -0.05) is 6.92 Å². The van der Waals surface area contributed by atoms with E-state index in [0.29, 0.717) is 0 Å². The molecule has 2 rings (SSSR count). The Morgan fingerprint density at radius 3 is 2.58 bits per heavy atom. The summed E-state index contributed by atoms with van der Waals surface area (Å²) in [7, 11) is 0. The third-order valence-corrected chi connectivity index (χ3v) is 4.40. The molecule has 1 aliphatic rings. The van der Waals surface area contributed by atoms with Gasteiger partial charge in [0, 0.05) is 36.8 Å². The van der Waals surface area contributed by atoms with Crippen LogP contribution >= 0.6 is 31.9 Å². The van der Waals surface area contributed by atoms with Gasteiger partial charge in [-0.05, 0) is 44.3 Å². The second-order valence-electron chi connectivity index (χ2n) is 4.54. The summed E-state index contributed by atoms with van der Waals surface area (Å²) >= 11 is 6.97. The molecule has 19 heavy (non-hydrogen) atoms. The van der Waals surface area contributed by atoms with Gasteiger partial charge >= 0.3 is 0 Å². The summed E-state index contributed by atoms with van der Waals surface area (Å²) in [6.07, 6.45) is 2.70. The molecule has 1 atom stereocenters.